The summed E-state index contributed by atoms with van der Waals surface area (Å²) in [6, 6.07) is 8.81. The first-order valence-electron chi connectivity index (χ1n) is 5.44. The average molecular weight is 298 g/mol. The number of hydrogen-bond donors (Lipinski definition) is 0. The zero-order chi connectivity index (χ0) is 11.1. The van der Waals surface area contributed by atoms with Gasteiger partial charge in [0.2, 0.25) is 5.91 Å². The summed E-state index contributed by atoms with van der Waals surface area (Å²) in [6.45, 7) is 0. The summed E-state index contributed by atoms with van der Waals surface area (Å²) >= 11 is 5.18. The van der Waals surface area contributed by atoms with Gasteiger partial charge in [-0.2, -0.15) is 0 Å². The van der Waals surface area contributed by atoms with Crippen LogP contribution in [0.25, 0.3) is 0 Å². The number of benzene rings is 1. The predicted octanol–water partition coefficient (Wildman–Crippen LogP) is 3.19. The molecule has 0 bridgehead atoms. The SMILES string of the molecule is O=C1CS[C@H](c2ccc(Br)cc2)N1C1CC1. The van der Waals surface area contributed by atoms with Crippen LogP contribution in [0.2, 0.25) is 0 Å². The molecule has 1 saturated heterocycles. The molecular weight excluding hydrogens is 286 g/mol. The summed E-state index contributed by atoms with van der Waals surface area (Å²) in [5.41, 5.74) is 1.24. The van der Waals surface area contributed by atoms with E-state index in [2.05, 4.69) is 33.0 Å². The second-order valence-electron chi connectivity index (χ2n) is 4.25. The number of hydrogen-bond acceptors (Lipinski definition) is 2. The second kappa shape index (κ2) is 4.08. The quantitative estimate of drug-likeness (QED) is 0.836. The largest absolute Gasteiger partial charge is 0.323 e. The Balaban J connectivity index is 1.88. The van der Waals surface area contributed by atoms with Gasteiger partial charge in [0.05, 0.1) is 5.75 Å². The van der Waals surface area contributed by atoms with Crippen molar-refractivity contribution in [1.82, 2.24) is 4.90 Å². The van der Waals surface area contributed by atoms with Gasteiger partial charge in [0.15, 0.2) is 0 Å². The Kier molecular flexibility index (Phi) is 2.72. The van der Waals surface area contributed by atoms with E-state index in [1.165, 1.54) is 18.4 Å². The fourth-order valence-electron chi connectivity index (χ4n) is 2.07. The first kappa shape index (κ1) is 10.7. The average Bonchev–Trinajstić information content (AvgIpc) is 3.04. The van der Waals surface area contributed by atoms with Crippen LogP contribution in [0.5, 0.6) is 0 Å². The molecule has 84 valence electrons. The first-order chi connectivity index (χ1) is 7.75. The van der Waals surface area contributed by atoms with E-state index in [1.807, 2.05) is 12.1 Å². The minimum Gasteiger partial charge on any atom is -0.323 e. The van der Waals surface area contributed by atoms with Gasteiger partial charge in [0.25, 0.3) is 0 Å². The van der Waals surface area contributed by atoms with Crippen molar-refractivity contribution in [3.8, 4) is 0 Å². The van der Waals surface area contributed by atoms with E-state index in [1.54, 1.807) is 11.8 Å². The normalized spacial score (nSPS) is 25.2. The third-order valence-corrected chi connectivity index (χ3v) is 4.76. The highest BCUT2D eigenvalue weighted by Gasteiger charge is 2.42. The monoisotopic (exact) mass is 297 g/mol. The van der Waals surface area contributed by atoms with Crippen LogP contribution in [-0.4, -0.2) is 22.6 Å². The summed E-state index contributed by atoms with van der Waals surface area (Å²) in [7, 11) is 0. The number of amides is 1. The lowest BCUT2D eigenvalue weighted by molar-refractivity contribution is -0.128. The topological polar surface area (TPSA) is 20.3 Å². The summed E-state index contributed by atoms with van der Waals surface area (Å²) in [5, 5.41) is 0.244. The lowest BCUT2D eigenvalue weighted by Crippen LogP contribution is -2.30. The van der Waals surface area contributed by atoms with Crippen LogP contribution >= 0.6 is 27.7 Å². The fraction of sp³-hybridized carbons (Fsp3) is 0.417. The van der Waals surface area contributed by atoms with Crippen molar-refractivity contribution in [2.45, 2.75) is 24.3 Å². The van der Waals surface area contributed by atoms with E-state index in [9.17, 15) is 4.79 Å². The summed E-state index contributed by atoms with van der Waals surface area (Å²) in [4.78, 5) is 13.9. The molecule has 2 nitrogen and oxygen atoms in total. The minimum atomic E-state index is 0.244. The predicted molar refractivity (Wildman–Crippen MR) is 69.2 cm³/mol. The van der Waals surface area contributed by atoms with Crippen LogP contribution in [0.15, 0.2) is 28.7 Å². The van der Waals surface area contributed by atoms with Gasteiger partial charge >= 0.3 is 0 Å². The molecule has 1 aliphatic carbocycles. The van der Waals surface area contributed by atoms with Crippen molar-refractivity contribution in [2.24, 2.45) is 0 Å². The molecule has 1 aromatic rings. The molecule has 1 heterocycles. The zero-order valence-corrected chi connectivity index (χ0v) is 11.1. The molecule has 0 N–H and O–H groups in total. The van der Waals surface area contributed by atoms with Gasteiger partial charge in [0.1, 0.15) is 5.37 Å². The van der Waals surface area contributed by atoms with Crippen LogP contribution in [0, 0.1) is 0 Å². The van der Waals surface area contributed by atoms with E-state index in [0.717, 1.165) is 4.47 Å². The maximum atomic E-state index is 11.8. The third kappa shape index (κ3) is 1.89. The summed E-state index contributed by atoms with van der Waals surface area (Å²) < 4.78 is 1.09. The molecular formula is C12H12BrNOS. The third-order valence-electron chi connectivity index (χ3n) is 3.00. The van der Waals surface area contributed by atoms with Gasteiger partial charge in [0, 0.05) is 10.5 Å². The molecule has 1 aromatic carbocycles. The molecule has 4 heteroatoms. The Morgan fingerprint density at radius 1 is 1.25 bits per heavy atom. The van der Waals surface area contributed by atoms with Crippen molar-refractivity contribution >= 4 is 33.6 Å². The highest BCUT2D eigenvalue weighted by atomic mass is 79.9. The molecule has 0 spiro atoms. The number of halogens is 1. The van der Waals surface area contributed by atoms with E-state index in [4.69, 9.17) is 0 Å². The number of carbonyl (C=O) groups excluding carboxylic acids is 1. The lowest BCUT2D eigenvalue weighted by atomic mass is 10.2. The van der Waals surface area contributed by atoms with Gasteiger partial charge in [-0.3, -0.25) is 4.79 Å². The number of carbonyl (C=O) groups is 1. The van der Waals surface area contributed by atoms with Crippen LogP contribution in [0.3, 0.4) is 0 Å². The van der Waals surface area contributed by atoms with Crippen LogP contribution < -0.4 is 0 Å². The molecule has 3 rings (SSSR count). The van der Waals surface area contributed by atoms with Crippen LogP contribution in [-0.2, 0) is 4.79 Å². The Hall–Kier alpha value is -0.480. The van der Waals surface area contributed by atoms with E-state index < -0.39 is 0 Å². The highest BCUT2D eigenvalue weighted by Crippen LogP contribution is 2.45. The van der Waals surface area contributed by atoms with Gasteiger partial charge in [-0.05, 0) is 30.5 Å². The van der Waals surface area contributed by atoms with Crippen LogP contribution in [0.1, 0.15) is 23.8 Å². The molecule has 2 fully saturated rings. The van der Waals surface area contributed by atoms with E-state index >= 15 is 0 Å². The van der Waals surface area contributed by atoms with Crippen molar-refractivity contribution in [2.75, 3.05) is 5.75 Å². The standard InChI is InChI=1S/C12H12BrNOS/c13-9-3-1-8(2-4-9)12-14(10-5-6-10)11(15)7-16-12/h1-4,10,12H,5-7H2/t12-/m1/s1. The van der Waals surface area contributed by atoms with Crippen molar-refractivity contribution in [3.05, 3.63) is 34.3 Å². The molecule has 2 aliphatic rings. The Bertz CT molecular complexity index is 416. The van der Waals surface area contributed by atoms with Gasteiger partial charge < -0.3 is 4.90 Å². The Labute approximate surface area is 108 Å². The zero-order valence-electron chi connectivity index (χ0n) is 8.73. The van der Waals surface area contributed by atoms with Crippen molar-refractivity contribution in [1.29, 1.82) is 0 Å². The molecule has 1 aliphatic heterocycles. The maximum absolute atomic E-state index is 11.8. The number of thioether (sulfide) groups is 1. The van der Waals surface area contributed by atoms with E-state index in [-0.39, 0.29) is 5.37 Å². The van der Waals surface area contributed by atoms with Gasteiger partial charge in [-0.1, -0.05) is 28.1 Å². The summed E-state index contributed by atoms with van der Waals surface area (Å²) in [6.07, 6.45) is 2.36. The van der Waals surface area contributed by atoms with Crippen LogP contribution in [0.4, 0.5) is 0 Å². The second-order valence-corrected chi connectivity index (χ2v) is 6.23. The minimum absolute atomic E-state index is 0.244. The highest BCUT2D eigenvalue weighted by molar-refractivity contribution is 9.10. The maximum Gasteiger partial charge on any atom is 0.234 e. The fourth-order valence-corrected chi connectivity index (χ4v) is 3.58. The Morgan fingerprint density at radius 3 is 2.56 bits per heavy atom. The van der Waals surface area contributed by atoms with Crippen molar-refractivity contribution < 1.29 is 4.79 Å². The van der Waals surface area contributed by atoms with Crippen molar-refractivity contribution in [3.63, 3.8) is 0 Å². The molecule has 16 heavy (non-hydrogen) atoms. The number of rotatable bonds is 2. The smallest absolute Gasteiger partial charge is 0.234 e. The Morgan fingerprint density at radius 2 is 1.94 bits per heavy atom. The molecule has 0 aromatic heterocycles. The van der Waals surface area contributed by atoms with Gasteiger partial charge in [-0.15, -0.1) is 11.8 Å². The molecule has 1 atom stereocenters. The number of nitrogens with zero attached hydrogens (tertiary/aromatic N) is 1. The molecule has 0 radical (unpaired) electrons. The molecule has 0 unspecified atom stereocenters. The first-order valence-corrected chi connectivity index (χ1v) is 7.28. The molecule has 1 saturated carbocycles. The van der Waals surface area contributed by atoms with E-state index in [0.29, 0.717) is 17.7 Å². The molecule has 1 amide bonds. The summed E-state index contributed by atoms with van der Waals surface area (Å²) in [5.74, 6) is 0.942. The lowest BCUT2D eigenvalue weighted by Gasteiger charge is -2.23. The van der Waals surface area contributed by atoms with Gasteiger partial charge in [-0.25, -0.2) is 0 Å².